The number of nitriles is 1. The predicted octanol–water partition coefficient (Wildman–Crippen LogP) is 3.47. The van der Waals surface area contributed by atoms with Crippen molar-refractivity contribution in [1.29, 1.82) is 5.26 Å². The van der Waals surface area contributed by atoms with Crippen molar-refractivity contribution in [2.45, 2.75) is 25.8 Å². The summed E-state index contributed by atoms with van der Waals surface area (Å²) in [4.78, 5) is 11.9. The predicted molar refractivity (Wildman–Crippen MR) is 80.0 cm³/mol. The van der Waals surface area contributed by atoms with Crippen LogP contribution in [0.15, 0.2) is 41.5 Å². The molecule has 0 radical (unpaired) electrons. The molecule has 0 saturated heterocycles. The van der Waals surface area contributed by atoms with E-state index < -0.39 is 0 Å². The summed E-state index contributed by atoms with van der Waals surface area (Å²) in [5, 5.41) is 12.6. The second kappa shape index (κ2) is 5.52. The number of halogens is 1. The summed E-state index contributed by atoms with van der Waals surface area (Å²) in [6.07, 6.45) is 4.26. The second-order valence-corrected chi connectivity index (χ2v) is 5.79. The van der Waals surface area contributed by atoms with Gasteiger partial charge >= 0.3 is 0 Å². The minimum atomic E-state index is -0.350. The lowest BCUT2D eigenvalue weighted by Crippen LogP contribution is -2.47. The van der Waals surface area contributed by atoms with Crippen LogP contribution in [0.4, 0.5) is 0 Å². The molecule has 0 spiro atoms. The van der Waals surface area contributed by atoms with Gasteiger partial charge < -0.3 is 5.32 Å². The molecule has 0 fully saturated rings. The number of benzene rings is 1. The zero-order valence-electron chi connectivity index (χ0n) is 11.4. The van der Waals surface area contributed by atoms with Gasteiger partial charge in [0.15, 0.2) is 0 Å². The van der Waals surface area contributed by atoms with E-state index >= 15 is 0 Å². The molecular formula is C16H15ClN2O. The molecule has 1 aliphatic heterocycles. The number of carbonyl (C=O) groups is 1. The highest BCUT2D eigenvalue weighted by Gasteiger charge is 2.30. The largest absolute Gasteiger partial charge is 0.346 e. The summed E-state index contributed by atoms with van der Waals surface area (Å²) in [6, 6.07) is 9.42. The fraction of sp³-hybridized carbons (Fsp3) is 0.250. The van der Waals surface area contributed by atoms with Crippen LogP contribution >= 0.6 is 11.6 Å². The SMILES string of the molecule is CC1(C)CC(/C=C/c2ccccc2Cl)=C(C#N)C(=O)N1. The molecule has 0 bridgehead atoms. The second-order valence-electron chi connectivity index (χ2n) is 5.38. The Bertz CT molecular complexity index is 651. The average Bonchev–Trinajstić information content (AvgIpc) is 2.36. The fourth-order valence-corrected chi connectivity index (χ4v) is 2.39. The highest BCUT2D eigenvalue weighted by atomic mass is 35.5. The Morgan fingerprint density at radius 1 is 1.35 bits per heavy atom. The third kappa shape index (κ3) is 3.09. The maximum atomic E-state index is 11.9. The van der Waals surface area contributed by atoms with Gasteiger partial charge in [-0.3, -0.25) is 4.79 Å². The monoisotopic (exact) mass is 286 g/mol. The molecule has 0 saturated carbocycles. The summed E-state index contributed by atoms with van der Waals surface area (Å²) < 4.78 is 0. The number of nitrogens with one attached hydrogen (secondary N) is 1. The molecule has 1 aromatic carbocycles. The van der Waals surface area contributed by atoms with Crippen LogP contribution in [0.25, 0.3) is 6.08 Å². The van der Waals surface area contributed by atoms with E-state index in [1.54, 1.807) is 12.1 Å². The van der Waals surface area contributed by atoms with Gasteiger partial charge in [-0.1, -0.05) is 42.0 Å². The van der Waals surface area contributed by atoms with Crippen molar-refractivity contribution in [2.75, 3.05) is 0 Å². The lowest BCUT2D eigenvalue weighted by atomic mass is 9.87. The number of hydrogen-bond donors (Lipinski definition) is 1. The molecule has 1 N–H and O–H groups in total. The van der Waals surface area contributed by atoms with E-state index in [-0.39, 0.29) is 17.0 Å². The summed E-state index contributed by atoms with van der Waals surface area (Å²) in [7, 11) is 0. The van der Waals surface area contributed by atoms with Crippen molar-refractivity contribution in [3.05, 3.63) is 52.1 Å². The maximum absolute atomic E-state index is 11.9. The number of carbonyl (C=O) groups excluding carboxylic acids is 1. The minimum Gasteiger partial charge on any atom is -0.346 e. The van der Waals surface area contributed by atoms with Gasteiger partial charge in [0.25, 0.3) is 5.91 Å². The normalized spacial score (nSPS) is 18.0. The molecule has 3 nitrogen and oxygen atoms in total. The zero-order chi connectivity index (χ0) is 14.8. The molecule has 102 valence electrons. The first kappa shape index (κ1) is 14.4. The minimum absolute atomic E-state index is 0.174. The molecule has 4 heteroatoms. The van der Waals surface area contributed by atoms with Crippen LogP contribution in [0.1, 0.15) is 25.8 Å². The number of rotatable bonds is 2. The molecule has 1 heterocycles. The summed E-state index contributed by atoms with van der Waals surface area (Å²) in [5.74, 6) is -0.317. The molecule has 0 atom stereocenters. The summed E-state index contributed by atoms with van der Waals surface area (Å²) in [6.45, 7) is 3.87. The first-order valence-corrected chi connectivity index (χ1v) is 6.69. The topological polar surface area (TPSA) is 52.9 Å². The number of amides is 1. The first-order valence-electron chi connectivity index (χ1n) is 6.31. The van der Waals surface area contributed by atoms with Gasteiger partial charge in [-0.15, -0.1) is 0 Å². The van der Waals surface area contributed by atoms with Crippen molar-refractivity contribution in [2.24, 2.45) is 0 Å². The Morgan fingerprint density at radius 3 is 2.70 bits per heavy atom. The van der Waals surface area contributed by atoms with E-state index in [9.17, 15) is 4.79 Å². The van der Waals surface area contributed by atoms with E-state index in [1.165, 1.54) is 0 Å². The Morgan fingerprint density at radius 2 is 2.05 bits per heavy atom. The van der Waals surface area contributed by atoms with Gasteiger partial charge in [0.2, 0.25) is 0 Å². The maximum Gasteiger partial charge on any atom is 0.262 e. The molecule has 1 amide bonds. The van der Waals surface area contributed by atoms with E-state index in [4.69, 9.17) is 16.9 Å². The van der Waals surface area contributed by atoms with Crippen LogP contribution in [0.2, 0.25) is 5.02 Å². The highest BCUT2D eigenvalue weighted by Crippen LogP contribution is 2.27. The molecule has 20 heavy (non-hydrogen) atoms. The van der Waals surface area contributed by atoms with Crippen LogP contribution in [0.3, 0.4) is 0 Å². The molecule has 1 aliphatic rings. The highest BCUT2D eigenvalue weighted by molar-refractivity contribution is 6.32. The van der Waals surface area contributed by atoms with Gasteiger partial charge in [-0.2, -0.15) is 5.26 Å². The van der Waals surface area contributed by atoms with Crippen molar-refractivity contribution < 1.29 is 4.79 Å². The summed E-state index contributed by atoms with van der Waals surface area (Å²) >= 11 is 6.09. The van der Waals surface area contributed by atoms with Crippen LogP contribution in [-0.2, 0) is 4.79 Å². The van der Waals surface area contributed by atoms with Gasteiger partial charge in [0, 0.05) is 10.6 Å². The van der Waals surface area contributed by atoms with Crippen molar-refractivity contribution in [1.82, 2.24) is 5.32 Å². The molecule has 0 unspecified atom stereocenters. The van der Waals surface area contributed by atoms with Crippen LogP contribution < -0.4 is 5.32 Å². The molecule has 0 aromatic heterocycles. The van der Waals surface area contributed by atoms with E-state index in [0.717, 1.165) is 11.1 Å². The van der Waals surface area contributed by atoms with E-state index in [0.29, 0.717) is 11.4 Å². The van der Waals surface area contributed by atoms with Crippen LogP contribution in [0, 0.1) is 11.3 Å². The van der Waals surface area contributed by atoms with E-state index in [2.05, 4.69) is 5.32 Å². The van der Waals surface area contributed by atoms with Gasteiger partial charge in [0.05, 0.1) is 0 Å². The number of nitrogens with zero attached hydrogens (tertiary/aromatic N) is 1. The summed E-state index contributed by atoms with van der Waals surface area (Å²) in [5.41, 5.74) is 1.42. The lowest BCUT2D eigenvalue weighted by Gasteiger charge is -2.31. The first-order chi connectivity index (χ1) is 9.43. The van der Waals surface area contributed by atoms with Gasteiger partial charge in [0.1, 0.15) is 11.6 Å². The zero-order valence-corrected chi connectivity index (χ0v) is 12.2. The fourth-order valence-electron chi connectivity index (χ4n) is 2.19. The smallest absolute Gasteiger partial charge is 0.262 e. The van der Waals surface area contributed by atoms with Crippen molar-refractivity contribution in [3.63, 3.8) is 0 Å². The van der Waals surface area contributed by atoms with E-state index in [1.807, 2.05) is 44.2 Å². The quantitative estimate of drug-likeness (QED) is 0.905. The Labute approximate surface area is 123 Å². The number of allylic oxidation sites excluding steroid dienone is 1. The number of hydrogen-bond acceptors (Lipinski definition) is 2. The Kier molecular flexibility index (Phi) is 3.96. The average molecular weight is 287 g/mol. The molecule has 0 aliphatic carbocycles. The van der Waals surface area contributed by atoms with Crippen LogP contribution in [0.5, 0.6) is 0 Å². The standard InChI is InChI=1S/C16H15ClN2O/c1-16(2)9-12(13(10-18)15(20)19-16)8-7-11-5-3-4-6-14(11)17/h3-8H,9H2,1-2H3,(H,19,20)/b8-7+. The Balaban J connectivity index is 2.38. The van der Waals surface area contributed by atoms with Gasteiger partial charge in [-0.25, -0.2) is 0 Å². The van der Waals surface area contributed by atoms with Crippen LogP contribution in [-0.4, -0.2) is 11.4 Å². The Hall–Kier alpha value is -2.05. The molecular weight excluding hydrogens is 272 g/mol. The van der Waals surface area contributed by atoms with Crippen molar-refractivity contribution in [3.8, 4) is 6.07 Å². The molecule has 1 aromatic rings. The molecule has 2 rings (SSSR count). The lowest BCUT2D eigenvalue weighted by molar-refractivity contribution is -0.119. The third-order valence-corrected chi connectivity index (χ3v) is 3.46. The van der Waals surface area contributed by atoms with Crippen molar-refractivity contribution >= 4 is 23.6 Å². The third-order valence-electron chi connectivity index (χ3n) is 3.11. The van der Waals surface area contributed by atoms with Gasteiger partial charge in [-0.05, 0) is 37.5 Å².